The molecule has 0 aromatic carbocycles. The lowest BCUT2D eigenvalue weighted by molar-refractivity contribution is -0.148. The van der Waals surface area contributed by atoms with E-state index in [2.05, 4.69) is 4.72 Å². The number of rotatable bonds is 6. The Morgan fingerprint density at radius 2 is 2.10 bits per heavy atom. The SMILES string of the molecule is N#CCCCS(=O)(=O)NC1CCCN(CC(F)(F)F)C1. The first kappa shape index (κ1) is 17.2. The molecule has 0 spiro atoms. The predicted molar refractivity (Wildman–Crippen MR) is 67.3 cm³/mol. The molecule has 1 fully saturated rings. The quantitative estimate of drug-likeness (QED) is 0.749. The third kappa shape index (κ3) is 7.07. The van der Waals surface area contributed by atoms with Gasteiger partial charge >= 0.3 is 6.18 Å². The molecule has 0 aromatic heterocycles. The van der Waals surface area contributed by atoms with E-state index in [0.717, 1.165) is 0 Å². The van der Waals surface area contributed by atoms with E-state index in [1.807, 2.05) is 6.07 Å². The van der Waals surface area contributed by atoms with Gasteiger partial charge < -0.3 is 0 Å². The van der Waals surface area contributed by atoms with Crippen LogP contribution in [0.15, 0.2) is 0 Å². The molecule has 5 nitrogen and oxygen atoms in total. The van der Waals surface area contributed by atoms with Crippen molar-refractivity contribution < 1.29 is 21.6 Å². The summed E-state index contributed by atoms with van der Waals surface area (Å²) in [7, 11) is -3.53. The van der Waals surface area contributed by atoms with Crippen LogP contribution in [0.4, 0.5) is 13.2 Å². The van der Waals surface area contributed by atoms with E-state index < -0.39 is 28.8 Å². The molecule has 1 atom stereocenters. The predicted octanol–water partition coefficient (Wildman–Crippen LogP) is 1.24. The molecule has 1 saturated heterocycles. The fraction of sp³-hybridized carbons (Fsp3) is 0.909. The first-order valence-electron chi connectivity index (χ1n) is 6.38. The van der Waals surface area contributed by atoms with E-state index in [9.17, 15) is 21.6 Å². The van der Waals surface area contributed by atoms with Crippen molar-refractivity contribution in [3.8, 4) is 6.07 Å². The Hall–Kier alpha value is -0.850. The number of nitrogens with one attached hydrogen (secondary N) is 1. The van der Waals surface area contributed by atoms with Crippen LogP contribution >= 0.6 is 0 Å². The molecule has 1 aliphatic rings. The zero-order valence-electron chi connectivity index (χ0n) is 11.0. The highest BCUT2D eigenvalue weighted by atomic mass is 32.2. The van der Waals surface area contributed by atoms with Crippen LogP contribution < -0.4 is 4.72 Å². The summed E-state index contributed by atoms with van der Waals surface area (Å²) in [6.07, 6.45) is -2.84. The van der Waals surface area contributed by atoms with E-state index in [0.29, 0.717) is 19.4 Å². The molecule has 1 rings (SSSR count). The minimum Gasteiger partial charge on any atom is -0.293 e. The topological polar surface area (TPSA) is 73.2 Å². The lowest BCUT2D eigenvalue weighted by Gasteiger charge is -2.33. The van der Waals surface area contributed by atoms with Gasteiger partial charge in [0.1, 0.15) is 0 Å². The van der Waals surface area contributed by atoms with E-state index in [1.54, 1.807) is 0 Å². The molecule has 1 unspecified atom stereocenters. The van der Waals surface area contributed by atoms with E-state index in [1.165, 1.54) is 4.90 Å². The number of piperidine rings is 1. The van der Waals surface area contributed by atoms with Gasteiger partial charge in [-0.3, -0.25) is 4.90 Å². The number of nitriles is 1. The molecule has 0 bridgehead atoms. The average Bonchev–Trinajstić information content (AvgIpc) is 2.26. The Labute approximate surface area is 116 Å². The normalized spacial score (nSPS) is 21.6. The highest BCUT2D eigenvalue weighted by molar-refractivity contribution is 7.89. The number of sulfonamides is 1. The molecular formula is C11H18F3N3O2S. The van der Waals surface area contributed by atoms with Crippen LogP contribution in [0.5, 0.6) is 0 Å². The lowest BCUT2D eigenvalue weighted by atomic mass is 10.1. The molecule has 0 aromatic rings. The largest absolute Gasteiger partial charge is 0.401 e. The summed E-state index contributed by atoms with van der Waals surface area (Å²) in [5.74, 6) is -0.170. The summed E-state index contributed by atoms with van der Waals surface area (Å²) < 4.78 is 62.7. The van der Waals surface area contributed by atoms with Gasteiger partial charge in [-0.15, -0.1) is 0 Å². The Kier molecular flexibility index (Phi) is 6.23. The van der Waals surface area contributed by atoms with Gasteiger partial charge in [0.15, 0.2) is 0 Å². The van der Waals surface area contributed by atoms with Gasteiger partial charge in [0.25, 0.3) is 0 Å². The Balaban J connectivity index is 2.45. The van der Waals surface area contributed by atoms with Crippen molar-refractivity contribution in [2.75, 3.05) is 25.4 Å². The second kappa shape index (κ2) is 7.24. The summed E-state index contributed by atoms with van der Waals surface area (Å²) in [6, 6.07) is 1.36. The average molecular weight is 313 g/mol. The summed E-state index contributed by atoms with van der Waals surface area (Å²) in [6.45, 7) is -0.622. The van der Waals surface area contributed by atoms with Crippen LogP contribution in [0.25, 0.3) is 0 Å². The number of halogens is 3. The van der Waals surface area contributed by atoms with Crippen molar-refractivity contribution in [3.05, 3.63) is 0 Å². The molecule has 1 heterocycles. The van der Waals surface area contributed by atoms with E-state index in [-0.39, 0.29) is 25.1 Å². The summed E-state index contributed by atoms with van der Waals surface area (Å²) in [5, 5.41) is 8.35. The third-order valence-corrected chi connectivity index (χ3v) is 4.47. The molecule has 0 aliphatic carbocycles. The fourth-order valence-electron chi connectivity index (χ4n) is 2.20. The minimum atomic E-state index is -4.27. The highest BCUT2D eigenvalue weighted by Crippen LogP contribution is 2.20. The fourth-order valence-corrected chi connectivity index (χ4v) is 3.55. The minimum absolute atomic E-state index is 0.0665. The van der Waals surface area contributed by atoms with Gasteiger partial charge in [0.2, 0.25) is 10.0 Å². The smallest absolute Gasteiger partial charge is 0.293 e. The maximum atomic E-state index is 12.3. The molecule has 1 N–H and O–H groups in total. The zero-order valence-corrected chi connectivity index (χ0v) is 11.8. The Morgan fingerprint density at radius 1 is 1.40 bits per heavy atom. The summed E-state index contributed by atoms with van der Waals surface area (Å²) in [4.78, 5) is 1.21. The molecular weight excluding hydrogens is 295 g/mol. The standard InChI is InChI=1S/C11H18F3N3O2S/c12-11(13,14)9-17-6-3-4-10(8-17)16-20(18,19)7-2-1-5-15/h10,16H,1-4,6-9H2. The van der Waals surface area contributed by atoms with E-state index >= 15 is 0 Å². The second-order valence-corrected chi connectivity index (χ2v) is 6.76. The molecule has 0 amide bonds. The van der Waals surface area contributed by atoms with Crippen LogP contribution in [-0.2, 0) is 10.0 Å². The molecule has 1 aliphatic heterocycles. The highest BCUT2D eigenvalue weighted by Gasteiger charge is 2.33. The van der Waals surface area contributed by atoms with Crippen LogP contribution in [0.2, 0.25) is 0 Å². The van der Waals surface area contributed by atoms with Gasteiger partial charge in [-0.2, -0.15) is 18.4 Å². The van der Waals surface area contributed by atoms with Crippen molar-refractivity contribution in [1.29, 1.82) is 5.26 Å². The van der Waals surface area contributed by atoms with Crippen molar-refractivity contribution in [1.82, 2.24) is 9.62 Å². The van der Waals surface area contributed by atoms with Crippen LogP contribution in [0.1, 0.15) is 25.7 Å². The number of unbranched alkanes of at least 4 members (excludes halogenated alkanes) is 1. The lowest BCUT2D eigenvalue weighted by Crippen LogP contribution is -2.50. The van der Waals surface area contributed by atoms with Crippen molar-refractivity contribution in [3.63, 3.8) is 0 Å². The van der Waals surface area contributed by atoms with Gasteiger partial charge in [0.05, 0.1) is 18.4 Å². The van der Waals surface area contributed by atoms with Crippen molar-refractivity contribution in [2.24, 2.45) is 0 Å². The molecule has 0 radical (unpaired) electrons. The van der Waals surface area contributed by atoms with Gasteiger partial charge in [-0.05, 0) is 25.8 Å². The van der Waals surface area contributed by atoms with Crippen LogP contribution in [-0.4, -0.2) is 50.9 Å². The van der Waals surface area contributed by atoms with Crippen molar-refractivity contribution in [2.45, 2.75) is 37.9 Å². The van der Waals surface area contributed by atoms with Gasteiger partial charge in [-0.25, -0.2) is 13.1 Å². The maximum Gasteiger partial charge on any atom is 0.401 e. The van der Waals surface area contributed by atoms with Crippen LogP contribution in [0, 0.1) is 11.3 Å². The third-order valence-electron chi connectivity index (χ3n) is 2.96. The number of likely N-dealkylation sites (tertiary alicyclic amines) is 1. The Bertz CT molecular complexity index is 445. The molecule has 0 saturated carbocycles. The maximum absolute atomic E-state index is 12.3. The number of alkyl halides is 3. The summed E-state index contributed by atoms with van der Waals surface area (Å²) in [5.41, 5.74) is 0. The number of nitrogens with zero attached hydrogens (tertiary/aromatic N) is 2. The second-order valence-electron chi connectivity index (χ2n) is 4.89. The molecule has 20 heavy (non-hydrogen) atoms. The first-order valence-corrected chi connectivity index (χ1v) is 8.03. The van der Waals surface area contributed by atoms with Gasteiger partial charge in [-0.1, -0.05) is 0 Å². The first-order chi connectivity index (χ1) is 9.22. The zero-order chi connectivity index (χ0) is 15.2. The molecule has 9 heteroatoms. The number of hydrogen-bond donors (Lipinski definition) is 1. The molecule has 116 valence electrons. The Morgan fingerprint density at radius 3 is 2.70 bits per heavy atom. The van der Waals surface area contributed by atoms with Crippen molar-refractivity contribution >= 4 is 10.0 Å². The van der Waals surface area contributed by atoms with Crippen LogP contribution in [0.3, 0.4) is 0 Å². The van der Waals surface area contributed by atoms with E-state index in [4.69, 9.17) is 5.26 Å². The number of hydrogen-bond acceptors (Lipinski definition) is 4. The monoisotopic (exact) mass is 313 g/mol. The summed E-state index contributed by atoms with van der Waals surface area (Å²) >= 11 is 0. The van der Waals surface area contributed by atoms with Gasteiger partial charge in [0, 0.05) is 19.0 Å².